The molecule has 0 N–H and O–H groups in total. The van der Waals surface area contributed by atoms with E-state index in [0.717, 1.165) is 17.6 Å². The van der Waals surface area contributed by atoms with Crippen molar-refractivity contribution in [2.24, 2.45) is 0 Å². The first-order valence-electron chi connectivity index (χ1n) is 7.27. The van der Waals surface area contributed by atoms with Crippen molar-refractivity contribution in [1.29, 1.82) is 5.26 Å². The molecule has 2 nitrogen and oxygen atoms in total. The number of anilines is 1. The summed E-state index contributed by atoms with van der Waals surface area (Å²) >= 11 is 3.59. The van der Waals surface area contributed by atoms with Crippen LogP contribution < -0.4 is 4.90 Å². The molecule has 0 aromatic heterocycles. The lowest BCUT2D eigenvalue weighted by Gasteiger charge is -2.34. The molecule has 1 aliphatic rings. The second-order valence-corrected chi connectivity index (χ2v) is 6.30. The molecule has 1 aliphatic heterocycles. The van der Waals surface area contributed by atoms with E-state index in [1.54, 1.807) is 0 Å². The highest BCUT2D eigenvalue weighted by Crippen LogP contribution is 2.33. The minimum atomic E-state index is 0.666. The lowest BCUT2D eigenvalue weighted by molar-refractivity contribution is 0.505. The molecule has 3 heteroatoms. The minimum Gasteiger partial charge on any atom is -0.371 e. The maximum absolute atomic E-state index is 8.94. The number of rotatable bonds is 2. The Morgan fingerprint density at radius 3 is 2.38 bits per heavy atom. The smallest absolute Gasteiger partial charge is 0.0992 e. The molecule has 0 unspecified atom stereocenters. The van der Waals surface area contributed by atoms with Gasteiger partial charge in [0.25, 0.3) is 0 Å². The van der Waals surface area contributed by atoms with Gasteiger partial charge in [-0.15, -0.1) is 0 Å². The van der Waals surface area contributed by atoms with E-state index < -0.39 is 0 Å². The molecule has 0 aliphatic carbocycles. The molecule has 106 valence electrons. The van der Waals surface area contributed by atoms with Crippen LogP contribution in [0.4, 0.5) is 5.69 Å². The molecule has 21 heavy (non-hydrogen) atoms. The maximum atomic E-state index is 8.94. The van der Waals surface area contributed by atoms with E-state index >= 15 is 0 Å². The predicted octanol–water partition coefficient (Wildman–Crippen LogP) is 4.70. The standard InChI is InChI=1S/C18H17BrN2/c19-17-12-14(13-20)6-7-18(17)21-10-8-16(9-11-21)15-4-2-1-3-5-15/h1-7,12,16H,8-11H2. The van der Waals surface area contributed by atoms with Crippen LogP contribution in [-0.4, -0.2) is 13.1 Å². The molecule has 0 radical (unpaired) electrons. The van der Waals surface area contributed by atoms with Crippen LogP contribution in [0.25, 0.3) is 0 Å². The van der Waals surface area contributed by atoms with Crippen LogP contribution in [0.3, 0.4) is 0 Å². The Kier molecular flexibility index (Phi) is 4.26. The molecule has 0 bridgehead atoms. The van der Waals surface area contributed by atoms with Gasteiger partial charge >= 0.3 is 0 Å². The second-order valence-electron chi connectivity index (χ2n) is 5.45. The van der Waals surface area contributed by atoms with E-state index in [4.69, 9.17) is 5.26 Å². The van der Waals surface area contributed by atoms with Crippen molar-refractivity contribution in [2.75, 3.05) is 18.0 Å². The van der Waals surface area contributed by atoms with Crippen LogP contribution in [0, 0.1) is 11.3 Å². The normalized spacial score (nSPS) is 15.7. The largest absolute Gasteiger partial charge is 0.371 e. The summed E-state index contributed by atoms with van der Waals surface area (Å²) in [6, 6.07) is 18.8. The SMILES string of the molecule is N#Cc1ccc(N2CCC(c3ccccc3)CC2)c(Br)c1. The number of hydrogen-bond acceptors (Lipinski definition) is 2. The van der Waals surface area contributed by atoms with Gasteiger partial charge in [0.05, 0.1) is 17.3 Å². The fraction of sp³-hybridized carbons (Fsp3) is 0.278. The summed E-state index contributed by atoms with van der Waals surface area (Å²) in [5.74, 6) is 0.666. The van der Waals surface area contributed by atoms with E-state index in [9.17, 15) is 0 Å². The molecule has 2 aromatic rings. The third-order valence-electron chi connectivity index (χ3n) is 4.18. The minimum absolute atomic E-state index is 0.666. The fourth-order valence-corrected chi connectivity index (χ4v) is 3.64. The molecule has 0 amide bonds. The number of piperidine rings is 1. The Labute approximate surface area is 134 Å². The van der Waals surface area contributed by atoms with E-state index in [2.05, 4.69) is 57.2 Å². The Morgan fingerprint density at radius 2 is 1.76 bits per heavy atom. The lowest BCUT2D eigenvalue weighted by Crippen LogP contribution is -2.33. The zero-order valence-electron chi connectivity index (χ0n) is 11.8. The average Bonchev–Trinajstić information content (AvgIpc) is 2.56. The predicted molar refractivity (Wildman–Crippen MR) is 89.5 cm³/mol. The summed E-state index contributed by atoms with van der Waals surface area (Å²) in [7, 11) is 0. The zero-order valence-corrected chi connectivity index (χ0v) is 13.4. The van der Waals surface area contributed by atoms with Gasteiger partial charge < -0.3 is 4.90 Å². The molecule has 1 heterocycles. The van der Waals surface area contributed by atoms with Gasteiger partial charge in [-0.25, -0.2) is 0 Å². The Bertz CT molecular complexity index is 653. The molecular formula is C18H17BrN2. The number of nitriles is 1. The van der Waals surface area contributed by atoms with Crippen molar-refractivity contribution < 1.29 is 0 Å². The van der Waals surface area contributed by atoms with Gasteiger partial charge in [-0.1, -0.05) is 30.3 Å². The first-order chi connectivity index (χ1) is 10.3. The molecule has 0 atom stereocenters. The van der Waals surface area contributed by atoms with Crippen molar-refractivity contribution in [3.8, 4) is 6.07 Å². The van der Waals surface area contributed by atoms with Crippen LogP contribution in [0.1, 0.15) is 29.9 Å². The Hall–Kier alpha value is -1.79. The summed E-state index contributed by atoms with van der Waals surface area (Å²) in [5.41, 5.74) is 3.35. The van der Waals surface area contributed by atoms with Gasteiger partial charge in [0.2, 0.25) is 0 Å². The van der Waals surface area contributed by atoms with Crippen LogP contribution in [-0.2, 0) is 0 Å². The van der Waals surface area contributed by atoms with Gasteiger partial charge in [-0.05, 0) is 58.5 Å². The van der Waals surface area contributed by atoms with Gasteiger partial charge in [0.1, 0.15) is 0 Å². The summed E-state index contributed by atoms with van der Waals surface area (Å²) < 4.78 is 1.01. The number of nitrogens with zero attached hydrogens (tertiary/aromatic N) is 2. The van der Waals surface area contributed by atoms with Gasteiger partial charge in [-0.2, -0.15) is 5.26 Å². The highest BCUT2D eigenvalue weighted by molar-refractivity contribution is 9.10. The molecule has 0 saturated carbocycles. The summed E-state index contributed by atoms with van der Waals surface area (Å²) in [6.07, 6.45) is 2.35. The molecule has 2 aromatic carbocycles. The first kappa shape index (κ1) is 14.2. The molecule has 3 rings (SSSR count). The topological polar surface area (TPSA) is 27.0 Å². The number of hydrogen-bond donors (Lipinski definition) is 0. The molecule has 1 saturated heterocycles. The van der Waals surface area contributed by atoms with E-state index in [-0.39, 0.29) is 0 Å². The summed E-state index contributed by atoms with van der Waals surface area (Å²) in [5, 5.41) is 8.94. The van der Waals surface area contributed by atoms with Crippen molar-refractivity contribution >= 4 is 21.6 Å². The van der Waals surface area contributed by atoms with Crippen molar-refractivity contribution in [3.63, 3.8) is 0 Å². The van der Waals surface area contributed by atoms with Crippen LogP contribution in [0.2, 0.25) is 0 Å². The molecule has 0 spiro atoms. The van der Waals surface area contributed by atoms with Crippen molar-refractivity contribution in [3.05, 3.63) is 64.1 Å². The fourth-order valence-electron chi connectivity index (χ4n) is 3.01. The van der Waals surface area contributed by atoms with Crippen molar-refractivity contribution in [1.82, 2.24) is 0 Å². The second kappa shape index (κ2) is 6.32. The quantitative estimate of drug-likeness (QED) is 0.791. The maximum Gasteiger partial charge on any atom is 0.0992 e. The zero-order chi connectivity index (χ0) is 14.7. The highest BCUT2D eigenvalue weighted by atomic mass is 79.9. The monoisotopic (exact) mass is 340 g/mol. The summed E-state index contributed by atoms with van der Waals surface area (Å²) in [6.45, 7) is 2.12. The van der Waals surface area contributed by atoms with Crippen LogP contribution in [0.15, 0.2) is 53.0 Å². The van der Waals surface area contributed by atoms with Gasteiger partial charge in [0.15, 0.2) is 0 Å². The third-order valence-corrected chi connectivity index (χ3v) is 4.82. The molecule has 1 fully saturated rings. The first-order valence-corrected chi connectivity index (χ1v) is 8.07. The lowest BCUT2D eigenvalue weighted by atomic mass is 9.89. The average molecular weight is 341 g/mol. The molecular weight excluding hydrogens is 324 g/mol. The van der Waals surface area contributed by atoms with Gasteiger partial charge in [-0.3, -0.25) is 0 Å². The highest BCUT2D eigenvalue weighted by Gasteiger charge is 2.21. The van der Waals surface area contributed by atoms with E-state index in [1.165, 1.54) is 24.1 Å². The van der Waals surface area contributed by atoms with E-state index in [1.807, 2.05) is 18.2 Å². The van der Waals surface area contributed by atoms with Crippen LogP contribution >= 0.6 is 15.9 Å². The van der Waals surface area contributed by atoms with E-state index in [0.29, 0.717) is 11.5 Å². The Morgan fingerprint density at radius 1 is 1.05 bits per heavy atom. The van der Waals surface area contributed by atoms with Crippen LogP contribution in [0.5, 0.6) is 0 Å². The Balaban J connectivity index is 1.70. The number of halogens is 1. The van der Waals surface area contributed by atoms with Gasteiger partial charge in [0, 0.05) is 17.6 Å². The number of benzene rings is 2. The summed E-state index contributed by atoms with van der Waals surface area (Å²) in [4.78, 5) is 2.41. The van der Waals surface area contributed by atoms with Crippen molar-refractivity contribution in [2.45, 2.75) is 18.8 Å². The third kappa shape index (κ3) is 3.11.